The van der Waals surface area contributed by atoms with Crippen molar-refractivity contribution in [3.63, 3.8) is 0 Å². The monoisotopic (exact) mass is 420 g/mol. The first-order valence-corrected chi connectivity index (χ1v) is 10.3. The fraction of sp³-hybridized carbons (Fsp3) is 0.304. The van der Waals surface area contributed by atoms with Crippen molar-refractivity contribution in [3.8, 4) is 5.75 Å². The highest BCUT2D eigenvalue weighted by Crippen LogP contribution is 2.33. The Morgan fingerprint density at radius 2 is 1.94 bits per heavy atom. The molecule has 0 spiro atoms. The summed E-state index contributed by atoms with van der Waals surface area (Å²) in [5.41, 5.74) is 1.57. The van der Waals surface area contributed by atoms with Gasteiger partial charge in [-0.3, -0.25) is 14.4 Å². The summed E-state index contributed by atoms with van der Waals surface area (Å²) in [5.74, 6) is 0.181. The van der Waals surface area contributed by atoms with Crippen LogP contribution in [0.2, 0.25) is 0 Å². The Morgan fingerprint density at radius 1 is 1.16 bits per heavy atom. The van der Waals surface area contributed by atoms with E-state index >= 15 is 0 Å². The van der Waals surface area contributed by atoms with Gasteiger partial charge in [-0.05, 0) is 30.7 Å². The number of aromatic nitrogens is 2. The van der Waals surface area contributed by atoms with Crippen LogP contribution in [0.5, 0.6) is 5.75 Å². The fourth-order valence-electron chi connectivity index (χ4n) is 3.60. The predicted molar refractivity (Wildman–Crippen MR) is 119 cm³/mol. The van der Waals surface area contributed by atoms with Crippen LogP contribution >= 0.6 is 0 Å². The molecule has 0 radical (unpaired) electrons. The van der Waals surface area contributed by atoms with Crippen LogP contribution < -0.4 is 20.5 Å². The van der Waals surface area contributed by atoms with E-state index in [1.54, 1.807) is 31.3 Å². The van der Waals surface area contributed by atoms with Gasteiger partial charge in [0, 0.05) is 24.7 Å². The van der Waals surface area contributed by atoms with E-state index < -0.39 is 0 Å². The molecule has 8 nitrogen and oxygen atoms in total. The number of carbonyl (C=O) groups excluding carboxylic acids is 2. The van der Waals surface area contributed by atoms with Gasteiger partial charge in [0.25, 0.3) is 11.5 Å². The molecule has 0 saturated carbocycles. The number of fused-ring (bicyclic) bond motifs is 2. The van der Waals surface area contributed by atoms with Crippen molar-refractivity contribution in [3.05, 3.63) is 58.5 Å². The van der Waals surface area contributed by atoms with E-state index in [9.17, 15) is 14.4 Å². The molecule has 4 rings (SSSR count). The van der Waals surface area contributed by atoms with Crippen LogP contribution in [-0.4, -0.2) is 35.2 Å². The van der Waals surface area contributed by atoms with Crippen molar-refractivity contribution < 1.29 is 14.3 Å². The first-order valence-electron chi connectivity index (χ1n) is 10.3. The van der Waals surface area contributed by atoms with Crippen molar-refractivity contribution in [2.24, 2.45) is 0 Å². The Kier molecular flexibility index (Phi) is 5.70. The Morgan fingerprint density at radius 3 is 2.71 bits per heavy atom. The molecule has 2 amide bonds. The average molecular weight is 420 g/mol. The molecule has 8 heteroatoms. The number of nitrogens with one attached hydrogen (secondary N) is 1. The summed E-state index contributed by atoms with van der Waals surface area (Å²) >= 11 is 0. The predicted octanol–water partition coefficient (Wildman–Crippen LogP) is 2.73. The summed E-state index contributed by atoms with van der Waals surface area (Å²) in [7, 11) is 1.67. The number of benzene rings is 2. The van der Waals surface area contributed by atoms with Crippen LogP contribution in [-0.2, 0) is 22.6 Å². The number of aryl methyl sites for hydroxylation is 1. The van der Waals surface area contributed by atoms with Crippen molar-refractivity contribution in [2.75, 3.05) is 23.9 Å². The minimum atomic E-state index is -0.260. The molecule has 1 N–H and O–H groups in total. The Labute approximate surface area is 179 Å². The Bertz CT molecular complexity index is 1220. The van der Waals surface area contributed by atoms with Crippen molar-refractivity contribution in [1.29, 1.82) is 0 Å². The number of rotatable bonds is 6. The summed E-state index contributed by atoms with van der Waals surface area (Å²) in [4.78, 5) is 38.9. The van der Waals surface area contributed by atoms with E-state index in [1.165, 1.54) is 9.58 Å². The van der Waals surface area contributed by atoms with E-state index in [2.05, 4.69) is 17.3 Å². The number of amides is 2. The molecule has 0 aliphatic carbocycles. The van der Waals surface area contributed by atoms with Crippen molar-refractivity contribution in [2.45, 2.75) is 32.7 Å². The van der Waals surface area contributed by atoms with Gasteiger partial charge >= 0.3 is 0 Å². The zero-order valence-corrected chi connectivity index (χ0v) is 17.6. The zero-order chi connectivity index (χ0) is 22.0. The lowest BCUT2D eigenvalue weighted by molar-refractivity contribution is -0.121. The number of nitrogens with zero attached hydrogens (tertiary/aromatic N) is 3. The highest BCUT2D eigenvalue weighted by Gasteiger charge is 2.22. The number of carbonyl (C=O) groups is 2. The normalized spacial score (nSPS) is 13.1. The van der Waals surface area contributed by atoms with Crippen LogP contribution in [0.4, 0.5) is 11.4 Å². The molecule has 31 heavy (non-hydrogen) atoms. The van der Waals surface area contributed by atoms with Crippen LogP contribution in [0, 0.1) is 0 Å². The minimum absolute atomic E-state index is 0.00168. The second-order valence-electron chi connectivity index (χ2n) is 7.52. The highest BCUT2D eigenvalue weighted by atomic mass is 16.5. The van der Waals surface area contributed by atoms with Crippen LogP contribution in [0.25, 0.3) is 10.8 Å². The number of hydrogen-bond acceptors (Lipinski definition) is 5. The first kappa shape index (κ1) is 20.6. The third kappa shape index (κ3) is 4.14. The quantitative estimate of drug-likeness (QED) is 0.662. The highest BCUT2D eigenvalue weighted by molar-refractivity contribution is 6.00. The van der Waals surface area contributed by atoms with Gasteiger partial charge in [0.05, 0.1) is 23.2 Å². The third-order valence-corrected chi connectivity index (χ3v) is 5.32. The topological polar surface area (TPSA) is 93.5 Å². The Balaban J connectivity index is 1.60. The van der Waals surface area contributed by atoms with Gasteiger partial charge in [-0.2, -0.15) is 5.10 Å². The third-order valence-electron chi connectivity index (χ3n) is 5.32. The van der Waals surface area contributed by atoms with Gasteiger partial charge in [-0.1, -0.05) is 31.5 Å². The maximum absolute atomic E-state index is 12.8. The first-order chi connectivity index (χ1) is 15.0. The molecule has 160 valence electrons. The van der Waals surface area contributed by atoms with E-state index in [4.69, 9.17) is 4.74 Å². The average Bonchev–Trinajstić information content (AvgIpc) is 2.77. The SMILES string of the molecule is CCCCn1nc(CC(=O)Nc2ccc3c(c2)N(C)C(=O)CO3)c2ccccc2c1=O. The summed E-state index contributed by atoms with van der Waals surface area (Å²) < 4.78 is 6.87. The van der Waals surface area contributed by atoms with Crippen molar-refractivity contribution in [1.82, 2.24) is 9.78 Å². The van der Waals surface area contributed by atoms with E-state index in [1.807, 2.05) is 18.2 Å². The smallest absolute Gasteiger partial charge is 0.274 e. The molecule has 0 atom stereocenters. The number of unbranched alkanes of at least 4 members (excludes halogenated alkanes) is 1. The maximum Gasteiger partial charge on any atom is 0.274 e. The molecule has 0 saturated heterocycles. The summed E-state index contributed by atoms with van der Waals surface area (Å²) in [6.45, 7) is 2.57. The van der Waals surface area contributed by atoms with Gasteiger partial charge in [0.2, 0.25) is 5.91 Å². The second kappa shape index (κ2) is 8.59. The fourth-order valence-corrected chi connectivity index (χ4v) is 3.60. The summed E-state index contributed by atoms with van der Waals surface area (Å²) in [6, 6.07) is 12.4. The molecule has 0 unspecified atom stereocenters. The van der Waals surface area contributed by atoms with Gasteiger partial charge in [-0.15, -0.1) is 0 Å². The number of anilines is 2. The number of likely N-dealkylation sites (N-methyl/N-ethyl adjacent to an activating group) is 1. The van der Waals surface area contributed by atoms with Gasteiger partial charge in [0.1, 0.15) is 5.75 Å². The maximum atomic E-state index is 12.8. The molecule has 0 fully saturated rings. The van der Waals surface area contributed by atoms with Gasteiger partial charge in [-0.25, -0.2) is 4.68 Å². The van der Waals surface area contributed by atoms with Gasteiger partial charge in [0.15, 0.2) is 6.61 Å². The molecule has 1 aliphatic heterocycles. The molecular formula is C23H24N4O4. The molecule has 2 heterocycles. The standard InChI is InChI=1S/C23H24N4O4/c1-3-4-11-27-23(30)17-8-6-5-7-16(17)18(25-27)13-21(28)24-15-9-10-20-19(12-15)26(2)22(29)14-31-20/h5-10,12H,3-4,11,13-14H2,1-2H3,(H,24,28). The molecule has 1 aliphatic rings. The second-order valence-corrected chi connectivity index (χ2v) is 7.52. The lowest BCUT2D eigenvalue weighted by atomic mass is 10.1. The molecule has 2 aromatic carbocycles. The van der Waals surface area contributed by atoms with Crippen LogP contribution in [0.3, 0.4) is 0 Å². The largest absolute Gasteiger partial charge is 0.482 e. The molecule has 0 bridgehead atoms. The van der Waals surface area contributed by atoms with Gasteiger partial charge < -0.3 is 15.0 Å². The van der Waals surface area contributed by atoms with E-state index in [0.717, 1.165) is 12.8 Å². The molecular weight excluding hydrogens is 396 g/mol. The van der Waals surface area contributed by atoms with Crippen LogP contribution in [0.1, 0.15) is 25.5 Å². The van der Waals surface area contributed by atoms with E-state index in [-0.39, 0.29) is 30.4 Å². The lowest BCUT2D eigenvalue weighted by Gasteiger charge is -2.26. The molecule has 1 aromatic heterocycles. The number of ether oxygens (including phenoxy) is 1. The summed E-state index contributed by atoms with van der Waals surface area (Å²) in [6.07, 6.45) is 1.80. The molecule has 3 aromatic rings. The summed E-state index contributed by atoms with van der Waals surface area (Å²) in [5, 5.41) is 8.58. The minimum Gasteiger partial charge on any atom is -0.482 e. The van der Waals surface area contributed by atoms with Crippen molar-refractivity contribution >= 4 is 34.0 Å². The Hall–Kier alpha value is -3.68. The number of hydrogen-bond donors (Lipinski definition) is 1. The van der Waals surface area contributed by atoms with E-state index in [0.29, 0.717) is 40.1 Å². The zero-order valence-electron chi connectivity index (χ0n) is 17.6. The van der Waals surface area contributed by atoms with Crippen LogP contribution in [0.15, 0.2) is 47.3 Å². The lowest BCUT2D eigenvalue weighted by Crippen LogP contribution is -2.35.